The van der Waals surface area contributed by atoms with Crippen molar-refractivity contribution in [3.8, 4) is 0 Å². The van der Waals surface area contributed by atoms with Crippen LogP contribution >= 0.6 is 0 Å². The minimum absolute atomic E-state index is 0.260. The van der Waals surface area contributed by atoms with Gasteiger partial charge in [-0.1, -0.05) is 6.07 Å². The van der Waals surface area contributed by atoms with E-state index in [1.54, 1.807) is 12.1 Å². The van der Waals surface area contributed by atoms with Gasteiger partial charge in [-0.15, -0.1) is 0 Å². The van der Waals surface area contributed by atoms with Crippen molar-refractivity contribution in [2.75, 3.05) is 18.0 Å². The summed E-state index contributed by atoms with van der Waals surface area (Å²) in [5.74, 6) is 0.150. The predicted octanol–water partition coefficient (Wildman–Crippen LogP) is 3.55. The summed E-state index contributed by atoms with van der Waals surface area (Å²) in [6.07, 6.45) is 7.46. The summed E-state index contributed by atoms with van der Waals surface area (Å²) in [5.41, 5.74) is 1.23. The molecule has 1 N–H and O–H groups in total. The molecule has 0 aliphatic heterocycles. The van der Waals surface area contributed by atoms with Crippen LogP contribution in [0.1, 0.15) is 31.2 Å². The van der Waals surface area contributed by atoms with Gasteiger partial charge >= 0.3 is 5.97 Å². The quantitative estimate of drug-likeness (QED) is 0.780. The summed E-state index contributed by atoms with van der Waals surface area (Å²) in [5, 5.41) is 8.61. The Bertz CT molecular complexity index is 548. The van der Waals surface area contributed by atoms with Gasteiger partial charge in [-0.25, -0.2) is 9.18 Å². The number of hydrogen-bond acceptors (Lipinski definition) is 2. The minimum Gasteiger partial charge on any atom is -0.478 e. The Morgan fingerprint density at radius 3 is 2.33 bits per heavy atom. The molecule has 21 heavy (non-hydrogen) atoms. The van der Waals surface area contributed by atoms with E-state index < -0.39 is 5.97 Å². The Hall–Kier alpha value is -1.84. The van der Waals surface area contributed by atoms with E-state index in [0.717, 1.165) is 31.0 Å². The fourth-order valence-electron chi connectivity index (χ4n) is 2.55. The lowest BCUT2D eigenvalue weighted by molar-refractivity contribution is -0.131. The van der Waals surface area contributed by atoms with E-state index in [4.69, 9.17) is 5.11 Å². The van der Waals surface area contributed by atoms with Crippen molar-refractivity contribution in [3.63, 3.8) is 0 Å². The van der Waals surface area contributed by atoms with Crippen molar-refractivity contribution >= 4 is 17.7 Å². The molecule has 3 nitrogen and oxygen atoms in total. The molecule has 3 rings (SSSR count). The van der Waals surface area contributed by atoms with Gasteiger partial charge in [-0.2, -0.15) is 0 Å². The second-order valence-corrected chi connectivity index (χ2v) is 6.17. The van der Waals surface area contributed by atoms with E-state index in [1.807, 2.05) is 0 Å². The molecule has 1 aromatic rings. The number of benzene rings is 1. The highest BCUT2D eigenvalue weighted by molar-refractivity contribution is 5.85. The highest BCUT2D eigenvalue weighted by atomic mass is 19.1. The van der Waals surface area contributed by atoms with E-state index >= 15 is 0 Å². The summed E-state index contributed by atoms with van der Waals surface area (Å²) >= 11 is 0. The van der Waals surface area contributed by atoms with Crippen LogP contribution in [-0.2, 0) is 4.79 Å². The highest BCUT2D eigenvalue weighted by Crippen LogP contribution is 2.36. The molecule has 2 saturated carbocycles. The molecule has 0 radical (unpaired) electrons. The first kappa shape index (κ1) is 14.1. The molecule has 0 atom stereocenters. The van der Waals surface area contributed by atoms with Crippen molar-refractivity contribution in [3.05, 3.63) is 35.7 Å². The largest absolute Gasteiger partial charge is 0.478 e. The van der Waals surface area contributed by atoms with E-state index in [-0.39, 0.29) is 5.82 Å². The standard InChI is InChI=1S/C17H20FNO2/c18-15-9-12(6-8-17(20)21)5-7-16(15)19(10-13-1-2-13)11-14-3-4-14/h5-9,13-14H,1-4,10-11H2,(H,20,21). The first-order valence-corrected chi connectivity index (χ1v) is 7.57. The van der Waals surface area contributed by atoms with Crippen LogP contribution in [0.25, 0.3) is 6.08 Å². The molecule has 2 aliphatic rings. The number of carbonyl (C=O) groups is 1. The van der Waals surface area contributed by atoms with E-state index in [1.165, 1.54) is 37.8 Å². The van der Waals surface area contributed by atoms with Gasteiger partial charge < -0.3 is 10.0 Å². The van der Waals surface area contributed by atoms with Crippen LogP contribution < -0.4 is 4.90 Å². The summed E-state index contributed by atoms with van der Waals surface area (Å²) in [7, 11) is 0. The van der Waals surface area contributed by atoms with Gasteiger partial charge in [0.05, 0.1) is 5.69 Å². The third-order valence-electron chi connectivity index (χ3n) is 4.08. The topological polar surface area (TPSA) is 40.5 Å². The third-order valence-corrected chi connectivity index (χ3v) is 4.08. The fraction of sp³-hybridized carbons (Fsp3) is 0.471. The van der Waals surface area contributed by atoms with Crippen LogP contribution in [0.5, 0.6) is 0 Å². The van der Waals surface area contributed by atoms with Crippen molar-refractivity contribution < 1.29 is 14.3 Å². The van der Waals surface area contributed by atoms with Gasteiger partial charge in [-0.3, -0.25) is 0 Å². The molecular weight excluding hydrogens is 269 g/mol. The molecular formula is C17H20FNO2. The average molecular weight is 289 g/mol. The third kappa shape index (κ3) is 4.06. The number of aliphatic carboxylic acids is 1. The van der Waals surface area contributed by atoms with Gasteiger partial charge in [0, 0.05) is 19.2 Å². The maximum Gasteiger partial charge on any atom is 0.328 e. The predicted molar refractivity (Wildman–Crippen MR) is 80.7 cm³/mol. The molecule has 0 unspecified atom stereocenters. The molecule has 0 heterocycles. The molecule has 1 aromatic carbocycles. The van der Waals surface area contributed by atoms with Crippen molar-refractivity contribution in [1.29, 1.82) is 0 Å². The van der Waals surface area contributed by atoms with Crippen LogP contribution in [0.15, 0.2) is 24.3 Å². The first-order valence-electron chi connectivity index (χ1n) is 7.57. The molecule has 2 aliphatic carbocycles. The average Bonchev–Trinajstić information content (AvgIpc) is 3.31. The number of anilines is 1. The zero-order valence-electron chi connectivity index (χ0n) is 12.0. The summed E-state index contributed by atoms with van der Waals surface area (Å²) < 4.78 is 14.3. The molecule has 0 bridgehead atoms. The lowest BCUT2D eigenvalue weighted by Crippen LogP contribution is -2.28. The van der Waals surface area contributed by atoms with Crippen LogP contribution in [-0.4, -0.2) is 24.2 Å². The molecule has 0 spiro atoms. The van der Waals surface area contributed by atoms with E-state index in [0.29, 0.717) is 11.3 Å². The van der Waals surface area contributed by atoms with Crippen LogP contribution in [0, 0.1) is 17.7 Å². The monoisotopic (exact) mass is 289 g/mol. The maximum absolute atomic E-state index is 14.3. The minimum atomic E-state index is -1.02. The summed E-state index contributed by atoms with van der Waals surface area (Å²) in [6, 6.07) is 4.98. The number of carboxylic acids is 1. The number of rotatable bonds is 7. The molecule has 2 fully saturated rings. The normalized spacial score (nSPS) is 18.1. The number of halogens is 1. The summed E-state index contributed by atoms with van der Waals surface area (Å²) in [4.78, 5) is 12.7. The molecule has 112 valence electrons. The van der Waals surface area contributed by atoms with Gasteiger partial charge in [0.2, 0.25) is 0 Å². The Labute approximate surface area is 124 Å². The lowest BCUT2D eigenvalue weighted by atomic mass is 10.1. The molecule has 0 aromatic heterocycles. The van der Waals surface area contributed by atoms with Gasteiger partial charge in [0.1, 0.15) is 5.82 Å². The number of carboxylic acid groups (broad SMARTS) is 1. The highest BCUT2D eigenvalue weighted by Gasteiger charge is 2.30. The second-order valence-electron chi connectivity index (χ2n) is 6.17. The lowest BCUT2D eigenvalue weighted by Gasteiger charge is -2.25. The van der Waals surface area contributed by atoms with Gasteiger partial charge in [0.15, 0.2) is 0 Å². The van der Waals surface area contributed by atoms with E-state index in [9.17, 15) is 9.18 Å². The van der Waals surface area contributed by atoms with Gasteiger partial charge in [0.25, 0.3) is 0 Å². The Balaban J connectivity index is 1.76. The molecule has 0 saturated heterocycles. The zero-order valence-corrected chi connectivity index (χ0v) is 12.0. The van der Waals surface area contributed by atoms with Gasteiger partial charge in [-0.05, 0) is 61.3 Å². The smallest absolute Gasteiger partial charge is 0.328 e. The Morgan fingerprint density at radius 2 is 1.86 bits per heavy atom. The Morgan fingerprint density at radius 1 is 1.24 bits per heavy atom. The molecule has 0 amide bonds. The fourth-order valence-corrected chi connectivity index (χ4v) is 2.55. The number of nitrogens with zero attached hydrogens (tertiary/aromatic N) is 1. The Kier molecular flexibility index (Phi) is 3.95. The second kappa shape index (κ2) is 5.88. The first-order chi connectivity index (χ1) is 10.1. The van der Waals surface area contributed by atoms with Crippen molar-refractivity contribution in [2.24, 2.45) is 11.8 Å². The van der Waals surface area contributed by atoms with Crippen LogP contribution in [0.4, 0.5) is 10.1 Å². The number of hydrogen-bond donors (Lipinski definition) is 1. The maximum atomic E-state index is 14.3. The SMILES string of the molecule is O=C(O)C=Cc1ccc(N(CC2CC2)CC2CC2)c(F)c1. The summed E-state index contributed by atoms with van der Waals surface area (Å²) in [6.45, 7) is 1.88. The van der Waals surface area contributed by atoms with Crippen LogP contribution in [0.3, 0.4) is 0 Å². The van der Waals surface area contributed by atoms with E-state index in [2.05, 4.69) is 4.90 Å². The molecule has 4 heteroatoms. The van der Waals surface area contributed by atoms with Crippen molar-refractivity contribution in [2.45, 2.75) is 25.7 Å². The van der Waals surface area contributed by atoms with Crippen LogP contribution in [0.2, 0.25) is 0 Å². The zero-order chi connectivity index (χ0) is 14.8. The van der Waals surface area contributed by atoms with Crippen molar-refractivity contribution in [1.82, 2.24) is 0 Å².